The number of aromatic hydroxyl groups is 2. The molecule has 0 heterocycles. The molecule has 1 atom stereocenters. The molecular formula is C38H60O2. The summed E-state index contributed by atoms with van der Waals surface area (Å²) in [5, 5.41) is 20.4. The molecular weight excluding hydrogens is 488 g/mol. The summed E-state index contributed by atoms with van der Waals surface area (Å²) >= 11 is 0. The third kappa shape index (κ3) is 10.1. The maximum Gasteiger partial charge on any atom is 0.118 e. The van der Waals surface area contributed by atoms with Crippen LogP contribution in [-0.4, -0.2) is 10.2 Å². The molecule has 1 aliphatic rings. The lowest BCUT2D eigenvalue weighted by Crippen LogP contribution is -2.34. The van der Waals surface area contributed by atoms with Crippen LogP contribution >= 0.6 is 0 Å². The van der Waals surface area contributed by atoms with Gasteiger partial charge in [-0.15, -0.1) is 0 Å². The zero-order chi connectivity index (χ0) is 28.6. The summed E-state index contributed by atoms with van der Waals surface area (Å²) in [5.74, 6) is 1.49. The fraction of sp³-hybridized carbons (Fsp3) is 0.684. The van der Waals surface area contributed by atoms with Crippen LogP contribution in [0.3, 0.4) is 0 Å². The van der Waals surface area contributed by atoms with Crippen LogP contribution in [0, 0.1) is 19.8 Å². The molecule has 1 aliphatic carbocycles. The Kier molecular flexibility index (Phi) is 14.5. The number of unbranched alkanes of at least 4 members (excludes halogenated alkanes) is 15. The van der Waals surface area contributed by atoms with E-state index in [1.165, 1.54) is 140 Å². The average molecular weight is 549 g/mol. The van der Waals surface area contributed by atoms with Crippen molar-refractivity contribution in [2.45, 2.75) is 161 Å². The van der Waals surface area contributed by atoms with Crippen molar-refractivity contribution in [1.82, 2.24) is 0 Å². The van der Waals surface area contributed by atoms with Gasteiger partial charge in [-0.25, -0.2) is 0 Å². The van der Waals surface area contributed by atoms with Crippen LogP contribution in [0.1, 0.15) is 164 Å². The van der Waals surface area contributed by atoms with Crippen LogP contribution in [0.2, 0.25) is 0 Å². The Labute approximate surface area is 247 Å². The van der Waals surface area contributed by atoms with E-state index >= 15 is 0 Å². The summed E-state index contributed by atoms with van der Waals surface area (Å²) in [6.45, 7) is 6.31. The van der Waals surface area contributed by atoms with Crippen molar-refractivity contribution in [3.8, 4) is 11.5 Å². The van der Waals surface area contributed by atoms with Crippen molar-refractivity contribution in [1.29, 1.82) is 0 Å². The second-order valence-electron chi connectivity index (χ2n) is 13.1. The van der Waals surface area contributed by atoms with Gasteiger partial charge in [0.25, 0.3) is 0 Å². The first-order valence-electron chi connectivity index (χ1n) is 17.1. The van der Waals surface area contributed by atoms with Gasteiger partial charge < -0.3 is 10.2 Å². The van der Waals surface area contributed by atoms with E-state index in [1.54, 1.807) is 0 Å². The summed E-state index contributed by atoms with van der Waals surface area (Å²) in [4.78, 5) is 0. The zero-order valence-electron chi connectivity index (χ0n) is 26.3. The maximum absolute atomic E-state index is 10.2. The number of hydrogen-bond donors (Lipinski definition) is 2. The van der Waals surface area contributed by atoms with Gasteiger partial charge in [0.1, 0.15) is 11.5 Å². The quantitative estimate of drug-likeness (QED) is 0.171. The van der Waals surface area contributed by atoms with E-state index in [4.69, 9.17) is 0 Å². The molecule has 2 aromatic rings. The predicted octanol–water partition coefficient (Wildman–Crippen LogP) is 11.8. The fourth-order valence-corrected chi connectivity index (χ4v) is 7.21. The van der Waals surface area contributed by atoms with E-state index in [9.17, 15) is 10.2 Å². The Morgan fingerprint density at radius 1 is 0.625 bits per heavy atom. The molecule has 2 heteroatoms. The van der Waals surface area contributed by atoms with Gasteiger partial charge in [0.05, 0.1) is 0 Å². The zero-order valence-corrected chi connectivity index (χ0v) is 26.3. The van der Waals surface area contributed by atoms with Gasteiger partial charge in [-0.2, -0.15) is 0 Å². The molecule has 2 nitrogen and oxygen atoms in total. The van der Waals surface area contributed by atoms with Crippen LogP contribution in [-0.2, 0) is 5.41 Å². The number of phenols is 2. The molecule has 224 valence electrons. The Hall–Kier alpha value is -1.96. The minimum atomic E-state index is -0.0328. The van der Waals surface area contributed by atoms with E-state index in [-0.39, 0.29) is 5.41 Å². The van der Waals surface area contributed by atoms with Crippen LogP contribution in [0.4, 0.5) is 0 Å². The second-order valence-corrected chi connectivity index (χ2v) is 13.1. The van der Waals surface area contributed by atoms with Crippen molar-refractivity contribution < 1.29 is 10.2 Å². The molecule has 1 unspecified atom stereocenters. The normalized spacial score (nSPS) is 16.8. The van der Waals surface area contributed by atoms with Gasteiger partial charge in [0.15, 0.2) is 0 Å². The Balaban J connectivity index is 1.37. The highest BCUT2D eigenvalue weighted by Gasteiger charge is 2.39. The monoisotopic (exact) mass is 548 g/mol. The highest BCUT2D eigenvalue weighted by molar-refractivity contribution is 5.48. The van der Waals surface area contributed by atoms with Gasteiger partial charge in [-0.3, -0.25) is 0 Å². The van der Waals surface area contributed by atoms with Gasteiger partial charge in [-0.1, -0.05) is 153 Å². The molecule has 0 spiro atoms. The third-order valence-corrected chi connectivity index (χ3v) is 9.82. The summed E-state index contributed by atoms with van der Waals surface area (Å²) in [5.41, 5.74) is 4.52. The van der Waals surface area contributed by atoms with Crippen molar-refractivity contribution in [3.63, 3.8) is 0 Å². The van der Waals surface area contributed by atoms with Crippen molar-refractivity contribution in [3.05, 3.63) is 58.7 Å². The van der Waals surface area contributed by atoms with Crippen LogP contribution < -0.4 is 0 Å². The topological polar surface area (TPSA) is 40.5 Å². The highest BCUT2D eigenvalue weighted by Crippen LogP contribution is 2.49. The summed E-state index contributed by atoms with van der Waals surface area (Å²) in [6.07, 6.45) is 28.9. The molecule has 0 bridgehead atoms. The van der Waals surface area contributed by atoms with Crippen molar-refractivity contribution >= 4 is 0 Å². The molecule has 0 amide bonds. The van der Waals surface area contributed by atoms with E-state index in [0.29, 0.717) is 11.5 Å². The molecule has 0 aromatic heterocycles. The lowest BCUT2D eigenvalue weighted by atomic mass is 9.61. The summed E-state index contributed by atoms with van der Waals surface area (Å²) in [6, 6.07) is 12.4. The smallest absolute Gasteiger partial charge is 0.118 e. The Morgan fingerprint density at radius 2 is 1.05 bits per heavy atom. The summed E-state index contributed by atoms with van der Waals surface area (Å²) in [7, 11) is 0. The molecule has 1 saturated carbocycles. The van der Waals surface area contributed by atoms with Crippen LogP contribution in [0.25, 0.3) is 0 Å². The number of hydrogen-bond acceptors (Lipinski definition) is 2. The van der Waals surface area contributed by atoms with E-state index < -0.39 is 0 Å². The van der Waals surface area contributed by atoms with Gasteiger partial charge in [-0.05, 0) is 67.0 Å². The molecule has 0 aliphatic heterocycles. The first-order chi connectivity index (χ1) is 19.5. The van der Waals surface area contributed by atoms with E-state index in [2.05, 4.69) is 31.2 Å². The Morgan fingerprint density at radius 3 is 1.48 bits per heavy atom. The molecule has 2 aromatic carbocycles. The van der Waals surface area contributed by atoms with Crippen molar-refractivity contribution in [2.75, 3.05) is 0 Å². The van der Waals surface area contributed by atoms with Gasteiger partial charge in [0.2, 0.25) is 0 Å². The van der Waals surface area contributed by atoms with E-state index in [0.717, 1.165) is 23.5 Å². The lowest BCUT2D eigenvalue weighted by Gasteiger charge is -2.43. The molecule has 40 heavy (non-hydrogen) atoms. The standard InChI is InChI=1S/C38H60O2/c1-4-5-6-7-8-9-10-11-12-13-14-15-16-17-18-19-21-33-22-20-27-38(30-33,34-23-25-36(39)31(2)28-34)35-24-26-37(40)32(3)29-35/h23-26,28-29,33,39-40H,4-22,27,30H2,1-3H3. The number of benzene rings is 2. The SMILES string of the molecule is CCCCCCCCCCCCCCCCCCC1CCCC(c2ccc(O)c(C)c2)(c2ccc(O)c(C)c2)C1. The first-order valence-corrected chi connectivity index (χ1v) is 17.1. The fourth-order valence-electron chi connectivity index (χ4n) is 7.21. The predicted molar refractivity (Wildman–Crippen MR) is 173 cm³/mol. The summed E-state index contributed by atoms with van der Waals surface area (Å²) < 4.78 is 0. The van der Waals surface area contributed by atoms with Crippen LogP contribution in [0.15, 0.2) is 36.4 Å². The number of phenolic OH excluding ortho intramolecular Hbond substituents is 2. The highest BCUT2D eigenvalue weighted by atomic mass is 16.3. The molecule has 0 saturated heterocycles. The number of aryl methyl sites for hydroxylation is 2. The first kappa shape index (κ1) is 32.6. The molecule has 0 radical (unpaired) electrons. The third-order valence-electron chi connectivity index (χ3n) is 9.82. The van der Waals surface area contributed by atoms with E-state index in [1.807, 2.05) is 26.0 Å². The maximum atomic E-state index is 10.2. The minimum Gasteiger partial charge on any atom is -0.508 e. The molecule has 2 N–H and O–H groups in total. The van der Waals surface area contributed by atoms with Gasteiger partial charge in [0, 0.05) is 5.41 Å². The van der Waals surface area contributed by atoms with Gasteiger partial charge >= 0.3 is 0 Å². The molecule has 1 fully saturated rings. The Bertz CT molecular complexity index is 926. The second kappa shape index (κ2) is 17.8. The van der Waals surface area contributed by atoms with Crippen LogP contribution in [0.5, 0.6) is 11.5 Å². The molecule has 3 rings (SSSR count). The average Bonchev–Trinajstić information content (AvgIpc) is 2.95. The number of rotatable bonds is 19. The van der Waals surface area contributed by atoms with Crippen molar-refractivity contribution in [2.24, 2.45) is 5.92 Å². The lowest BCUT2D eigenvalue weighted by molar-refractivity contribution is 0.240. The minimum absolute atomic E-state index is 0.0328. The largest absolute Gasteiger partial charge is 0.508 e.